The molecule has 0 unspecified atom stereocenters. The van der Waals surface area contributed by atoms with Crippen LogP contribution in [-0.4, -0.2) is 43.6 Å². The van der Waals surface area contributed by atoms with Gasteiger partial charge in [0.25, 0.3) is 5.91 Å². The maximum atomic E-state index is 12.6. The number of carbonyl (C=O) groups excluding carboxylic acids is 3. The van der Waals surface area contributed by atoms with Crippen molar-refractivity contribution in [2.24, 2.45) is 11.7 Å². The largest absolute Gasteiger partial charge is 0.466 e. The fourth-order valence-corrected chi connectivity index (χ4v) is 4.43. The number of esters is 1. The Balaban J connectivity index is 2.81. The van der Waals surface area contributed by atoms with Gasteiger partial charge in [0.2, 0.25) is 5.91 Å². The van der Waals surface area contributed by atoms with Crippen molar-refractivity contribution in [3.8, 4) is 0 Å². The van der Waals surface area contributed by atoms with Crippen molar-refractivity contribution in [1.29, 1.82) is 0 Å². The summed E-state index contributed by atoms with van der Waals surface area (Å²) in [7, 11) is -3.25. The molecule has 0 aliphatic carbocycles. The molecule has 1 rings (SSSR count). The Morgan fingerprint density at radius 1 is 1.03 bits per heavy atom. The Labute approximate surface area is 177 Å². The van der Waals surface area contributed by atoms with Crippen LogP contribution in [0.4, 0.5) is 0 Å². The second-order valence-corrected chi connectivity index (χ2v) is 8.67. The van der Waals surface area contributed by atoms with Crippen LogP contribution < -0.4 is 11.1 Å². The number of hydrogen-bond acceptors (Lipinski definition) is 7. The number of ether oxygens (including phenoxy) is 1. The summed E-state index contributed by atoms with van der Waals surface area (Å²) in [4.78, 5) is 36.0. The van der Waals surface area contributed by atoms with Gasteiger partial charge in [-0.05, 0) is 44.9 Å². The Kier molecular flexibility index (Phi) is 10.7. The zero-order chi connectivity index (χ0) is 22.7. The van der Waals surface area contributed by atoms with Crippen LogP contribution in [0.5, 0.6) is 0 Å². The van der Waals surface area contributed by atoms with Crippen molar-refractivity contribution in [3.63, 3.8) is 0 Å². The second-order valence-electron chi connectivity index (χ2n) is 6.62. The molecule has 1 aromatic carbocycles. The van der Waals surface area contributed by atoms with Crippen molar-refractivity contribution in [1.82, 2.24) is 5.32 Å². The first-order valence-electron chi connectivity index (χ1n) is 9.89. The SMILES string of the molecule is CCOC(=O)[C@H](C)C[C@H](NC(=O)c1ccc(CP(=O)(OCC)OCC)cc1)C(N)=O. The Bertz CT molecular complexity index is 757. The molecule has 0 aliphatic heterocycles. The molecular formula is C20H31N2O7P. The van der Waals surface area contributed by atoms with E-state index >= 15 is 0 Å². The predicted molar refractivity (Wildman–Crippen MR) is 112 cm³/mol. The monoisotopic (exact) mass is 442 g/mol. The minimum Gasteiger partial charge on any atom is -0.466 e. The van der Waals surface area contributed by atoms with E-state index in [1.165, 1.54) is 0 Å². The number of hydrogen-bond donors (Lipinski definition) is 2. The number of primary amides is 1. The van der Waals surface area contributed by atoms with Gasteiger partial charge in [0.15, 0.2) is 0 Å². The molecule has 0 heterocycles. The third-order valence-corrected chi connectivity index (χ3v) is 6.23. The summed E-state index contributed by atoms with van der Waals surface area (Å²) < 4.78 is 28.1. The molecule has 0 radical (unpaired) electrons. The van der Waals surface area contributed by atoms with Crippen LogP contribution in [-0.2, 0) is 34.1 Å². The molecule has 0 aromatic heterocycles. The molecule has 9 nitrogen and oxygen atoms in total. The summed E-state index contributed by atoms with van der Waals surface area (Å²) in [6, 6.07) is 5.34. The molecule has 30 heavy (non-hydrogen) atoms. The van der Waals surface area contributed by atoms with E-state index in [4.69, 9.17) is 19.5 Å². The van der Waals surface area contributed by atoms with Gasteiger partial charge in [0.05, 0.1) is 31.9 Å². The molecule has 0 saturated carbocycles. The zero-order valence-corrected chi connectivity index (χ0v) is 18.8. The second kappa shape index (κ2) is 12.5. The van der Waals surface area contributed by atoms with Crippen molar-refractivity contribution < 1.29 is 32.7 Å². The third kappa shape index (κ3) is 8.26. The molecule has 2 amide bonds. The highest BCUT2D eigenvalue weighted by Gasteiger charge is 2.26. The van der Waals surface area contributed by atoms with Crippen LogP contribution in [0.1, 0.15) is 50.0 Å². The molecule has 168 valence electrons. The van der Waals surface area contributed by atoms with Crippen LogP contribution >= 0.6 is 7.60 Å². The van der Waals surface area contributed by atoms with Gasteiger partial charge < -0.3 is 24.8 Å². The third-order valence-electron chi connectivity index (χ3n) is 4.17. The van der Waals surface area contributed by atoms with Crippen molar-refractivity contribution in [2.45, 2.75) is 46.3 Å². The number of benzene rings is 1. The van der Waals surface area contributed by atoms with E-state index in [1.54, 1.807) is 52.0 Å². The quantitative estimate of drug-likeness (QED) is 0.354. The lowest BCUT2D eigenvalue weighted by molar-refractivity contribution is -0.147. The lowest BCUT2D eigenvalue weighted by atomic mass is 10.0. The van der Waals surface area contributed by atoms with Crippen LogP contribution in [0.15, 0.2) is 24.3 Å². The first kappa shape index (κ1) is 25.8. The fraction of sp³-hybridized carbons (Fsp3) is 0.550. The first-order valence-corrected chi connectivity index (χ1v) is 11.6. The average molecular weight is 442 g/mol. The van der Waals surface area contributed by atoms with Gasteiger partial charge >= 0.3 is 13.6 Å². The molecule has 1 aromatic rings. The maximum Gasteiger partial charge on any atom is 0.335 e. The number of amides is 2. The Hall–Kier alpha value is -2.22. The van der Waals surface area contributed by atoms with E-state index in [2.05, 4.69) is 5.32 Å². The summed E-state index contributed by atoms with van der Waals surface area (Å²) in [6.45, 7) is 7.50. The molecule has 3 N–H and O–H groups in total. The highest BCUT2D eigenvalue weighted by atomic mass is 31.2. The smallest absolute Gasteiger partial charge is 0.335 e. The standard InChI is InChI=1S/C20H31N2O7P/c1-5-27-20(25)14(4)12-17(18(21)23)22-19(24)16-10-8-15(9-11-16)13-30(26,28-6-2)29-7-3/h8-11,14,17H,5-7,12-13H2,1-4H3,(H2,21,23)(H,22,24)/t14-,17+/m1/s1. The van der Waals surface area contributed by atoms with Crippen LogP contribution in [0, 0.1) is 5.92 Å². The van der Waals surface area contributed by atoms with E-state index < -0.39 is 37.3 Å². The molecule has 0 bridgehead atoms. The molecular weight excluding hydrogens is 411 g/mol. The lowest BCUT2D eigenvalue weighted by Gasteiger charge is -2.19. The van der Waals surface area contributed by atoms with Gasteiger partial charge in [0.1, 0.15) is 6.04 Å². The average Bonchev–Trinajstić information content (AvgIpc) is 2.68. The summed E-state index contributed by atoms with van der Waals surface area (Å²) in [5, 5.41) is 2.54. The number of rotatable bonds is 13. The van der Waals surface area contributed by atoms with Crippen LogP contribution in [0.25, 0.3) is 0 Å². The van der Waals surface area contributed by atoms with Gasteiger partial charge in [0, 0.05) is 5.56 Å². The van der Waals surface area contributed by atoms with E-state index in [1.807, 2.05) is 0 Å². The van der Waals surface area contributed by atoms with Crippen molar-refractivity contribution >= 4 is 25.4 Å². The summed E-state index contributed by atoms with van der Waals surface area (Å²) in [5.41, 5.74) is 6.34. The molecule has 0 fully saturated rings. The summed E-state index contributed by atoms with van der Waals surface area (Å²) in [6.07, 6.45) is 0.113. The topological polar surface area (TPSA) is 134 Å². The Morgan fingerprint density at radius 2 is 1.60 bits per heavy atom. The van der Waals surface area contributed by atoms with Crippen molar-refractivity contribution in [3.05, 3.63) is 35.4 Å². The van der Waals surface area contributed by atoms with E-state index in [0.717, 1.165) is 0 Å². The Morgan fingerprint density at radius 3 is 2.07 bits per heavy atom. The van der Waals surface area contributed by atoms with Gasteiger partial charge in [-0.3, -0.25) is 18.9 Å². The number of nitrogens with two attached hydrogens (primary N) is 1. The highest BCUT2D eigenvalue weighted by Crippen LogP contribution is 2.51. The zero-order valence-electron chi connectivity index (χ0n) is 17.9. The molecule has 2 atom stereocenters. The number of carbonyl (C=O) groups is 3. The van der Waals surface area contributed by atoms with Gasteiger partial charge in [-0.15, -0.1) is 0 Å². The summed E-state index contributed by atoms with van der Waals surface area (Å²) in [5.74, 6) is -2.32. The van der Waals surface area contributed by atoms with Gasteiger partial charge in [-0.1, -0.05) is 19.1 Å². The molecule has 0 saturated heterocycles. The minimum atomic E-state index is -3.25. The number of nitrogens with one attached hydrogen (secondary N) is 1. The minimum absolute atomic E-state index is 0.0316. The highest BCUT2D eigenvalue weighted by molar-refractivity contribution is 7.53. The summed E-state index contributed by atoms with van der Waals surface area (Å²) >= 11 is 0. The van der Waals surface area contributed by atoms with E-state index in [9.17, 15) is 18.9 Å². The van der Waals surface area contributed by atoms with Gasteiger partial charge in [-0.25, -0.2) is 0 Å². The predicted octanol–water partition coefficient (Wildman–Crippen LogP) is 2.63. The maximum absolute atomic E-state index is 12.6. The van der Waals surface area contributed by atoms with Crippen LogP contribution in [0.3, 0.4) is 0 Å². The lowest BCUT2D eigenvalue weighted by Crippen LogP contribution is -2.46. The normalized spacial score (nSPS) is 13.3. The first-order chi connectivity index (χ1) is 14.2. The molecule has 0 aliphatic rings. The van der Waals surface area contributed by atoms with E-state index in [-0.39, 0.29) is 38.0 Å². The fourth-order valence-electron chi connectivity index (χ4n) is 2.73. The van der Waals surface area contributed by atoms with E-state index in [0.29, 0.717) is 5.56 Å². The van der Waals surface area contributed by atoms with Crippen molar-refractivity contribution in [2.75, 3.05) is 19.8 Å². The van der Waals surface area contributed by atoms with Gasteiger partial charge in [-0.2, -0.15) is 0 Å². The molecule has 0 spiro atoms. The molecule has 10 heteroatoms. The van der Waals surface area contributed by atoms with Crippen LogP contribution in [0.2, 0.25) is 0 Å².